The van der Waals surface area contributed by atoms with Crippen LogP contribution in [0.15, 0.2) is 54.7 Å². The van der Waals surface area contributed by atoms with E-state index in [1.807, 2.05) is 55.5 Å². The molecule has 1 N–H and O–H groups in total. The Morgan fingerprint density at radius 1 is 0.932 bits per heavy atom. The molecule has 0 saturated carbocycles. The van der Waals surface area contributed by atoms with E-state index in [0.717, 1.165) is 22.3 Å². The zero-order valence-corrected chi connectivity index (χ0v) is 24.5. The molecule has 7 rings (SSSR count). The Balaban J connectivity index is 1.34. The number of hydrogen-bond acceptors (Lipinski definition) is 10. The highest BCUT2D eigenvalue weighted by atomic mass is 16.7. The summed E-state index contributed by atoms with van der Waals surface area (Å²) in [5.41, 5.74) is 4.33. The summed E-state index contributed by atoms with van der Waals surface area (Å²) in [6.07, 6.45) is 1.60. The van der Waals surface area contributed by atoms with Gasteiger partial charge in [-0.3, -0.25) is 9.59 Å². The zero-order valence-electron chi connectivity index (χ0n) is 24.5. The van der Waals surface area contributed by atoms with Crippen molar-refractivity contribution < 1.29 is 38.0 Å². The van der Waals surface area contributed by atoms with Crippen molar-refractivity contribution in [2.24, 2.45) is 11.8 Å². The maximum Gasteiger partial charge on any atom is 0.310 e. The number of carbonyl (C=O) groups excluding carboxylic acids is 2. The van der Waals surface area contributed by atoms with Crippen molar-refractivity contribution in [2.75, 3.05) is 40.0 Å². The minimum Gasteiger partial charge on any atom is -0.493 e. The van der Waals surface area contributed by atoms with Crippen LogP contribution in [-0.4, -0.2) is 61.6 Å². The molecule has 12 heteroatoms. The van der Waals surface area contributed by atoms with Gasteiger partial charge in [-0.25, -0.2) is 4.68 Å². The number of methoxy groups -OCH3 is 3. The quantitative estimate of drug-likeness (QED) is 0.310. The number of nitrogens with zero attached hydrogens (tertiary/aromatic N) is 3. The number of anilines is 1. The molecule has 3 heterocycles. The molecule has 1 amide bonds. The van der Waals surface area contributed by atoms with Crippen LogP contribution >= 0.6 is 0 Å². The SMILES string of the molecule is COc1cc([C@@H]2c3cc4c(cc3[C@@H](n3cc(C(=O)Nc5ccc(C)cc5)nn3)[C@H]3COC(=O)[C@H]23)OCO4)cc(OC)c1OC. The highest BCUT2D eigenvalue weighted by Gasteiger charge is 2.53. The minimum atomic E-state index is -0.593. The van der Waals surface area contributed by atoms with Gasteiger partial charge >= 0.3 is 5.97 Å². The number of ether oxygens (including phenoxy) is 6. The fourth-order valence-electron chi connectivity index (χ4n) is 6.50. The Labute approximate surface area is 252 Å². The molecule has 12 nitrogen and oxygen atoms in total. The topological polar surface area (TPSA) is 132 Å². The van der Waals surface area contributed by atoms with E-state index in [1.165, 1.54) is 0 Å². The summed E-state index contributed by atoms with van der Waals surface area (Å²) in [7, 11) is 4.64. The third-order valence-corrected chi connectivity index (χ3v) is 8.53. The minimum absolute atomic E-state index is 0.0826. The van der Waals surface area contributed by atoms with Crippen LogP contribution in [0, 0.1) is 18.8 Å². The Bertz CT molecular complexity index is 1740. The van der Waals surface area contributed by atoms with Crippen molar-refractivity contribution in [1.29, 1.82) is 0 Å². The van der Waals surface area contributed by atoms with E-state index < -0.39 is 23.8 Å². The van der Waals surface area contributed by atoms with E-state index in [0.29, 0.717) is 34.4 Å². The molecule has 2 aliphatic heterocycles. The lowest BCUT2D eigenvalue weighted by molar-refractivity contribution is -0.141. The van der Waals surface area contributed by atoms with Gasteiger partial charge in [0.1, 0.15) is 0 Å². The van der Waals surface area contributed by atoms with Gasteiger partial charge in [0.15, 0.2) is 28.7 Å². The van der Waals surface area contributed by atoms with Gasteiger partial charge in [0.2, 0.25) is 12.5 Å². The first-order chi connectivity index (χ1) is 21.4. The van der Waals surface area contributed by atoms with Crippen molar-refractivity contribution in [1.82, 2.24) is 15.0 Å². The van der Waals surface area contributed by atoms with Crippen molar-refractivity contribution in [3.05, 3.63) is 82.7 Å². The molecule has 0 spiro atoms. The normalized spacial score (nSPS) is 21.2. The second-order valence-electron chi connectivity index (χ2n) is 10.9. The first kappa shape index (κ1) is 27.6. The number of nitrogens with one attached hydrogen (secondary N) is 1. The zero-order chi connectivity index (χ0) is 30.5. The molecule has 0 radical (unpaired) electrons. The van der Waals surface area contributed by atoms with Crippen LogP contribution in [0.4, 0.5) is 5.69 Å². The molecule has 4 atom stereocenters. The molecule has 4 aromatic rings. The number of hydrogen-bond donors (Lipinski definition) is 1. The van der Waals surface area contributed by atoms with Gasteiger partial charge in [-0.2, -0.15) is 0 Å². The highest BCUT2D eigenvalue weighted by molar-refractivity contribution is 6.02. The van der Waals surface area contributed by atoms with Crippen LogP contribution in [-0.2, 0) is 9.53 Å². The van der Waals surface area contributed by atoms with E-state index in [9.17, 15) is 9.59 Å². The van der Waals surface area contributed by atoms with Crippen LogP contribution < -0.4 is 29.0 Å². The monoisotopic (exact) mass is 598 g/mol. The number of aryl methyl sites for hydroxylation is 1. The third kappa shape index (κ3) is 4.45. The number of fused-ring (bicyclic) bond motifs is 3. The lowest BCUT2D eigenvalue weighted by Gasteiger charge is -2.39. The average Bonchev–Trinajstić information content (AvgIpc) is 3.80. The molecule has 3 aromatic carbocycles. The summed E-state index contributed by atoms with van der Waals surface area (Å²) < 4.78 is 35.7. The van der Waals surface area contributed by atoms with Crippen LogP contribution in [0.5, 0.6) is 28.7 Å². The summed E-state index contributed by atoms with van der Waals surface area (Å²) in [5, 5.41) is 11.4. The van der Waals surface area contributed by atoms with E-state index in [4.69, 9.17) is 28.4 Å². The lowest BCUT2D eigenvalue weighted by Crippen LogP contribution is -2.37. The van der Waals surface area contributed by atoms with Gasteiger partial charge in [-0.05, 0) is 60.0 Å². The van der Waals surface area contributed by atoms with Crippen molar-refractivity contribution in [2.45, 2.75) is 18.9 Å². The number of rotatable bonds is 7. The van der Waals surface area contributed by atoms with Gasteiger partial charge in [0.25, 0.3) is 5.91 Å². The first-order valence-electron chi connectivity index (χ1n) is 14.1. The molecular weight excluding hydrogens is 568 g/mol. The Morgan fingerprint density at radius 2 is 1.61 bits per heavy atom. The number of carbonyl (C=O) groups is 2. The number of aromatic nitrogens is 3. The number of benzene rings is 3. The summed E-state index contributed by atoms with van der Waals surface area (Å²) in [4.78, 5) is 26.6. The average molecular weight is 599 g/mol. The molecule has 0 unspecified atom stereocenters. The predicted molar refractivity (Wildman–Crippen MR) is 156 cm³/mol. The van der Waals surface area contributed by atoms with Crippen LogP contribution in [0.3, 0.4) is 0 Å². The maximum atomic E-state index is 13.5. The third-order valence-electron chi connectivity index (χ3n) is 8.53. The van der Waals surface area contributed by atoms with E-state index in [1.54, 1.807) is 32.2 Å². The van der Waals surface area contributed by atoms with Crippen molar-refractivity contribution >= 4 is 17.6 Å². The van der Waals surface area contributed by atoms with E-state index >= 15 is 0 Å². The second-order valence-corrected chi connectivity index (χ2v) is 10.9. The molecule has 1 aromatic heterocycles. The summed E-state index contributed by atoms with van der Waals surface area (Å²) >= 11 is 0. The summed E-state index contributed by atoms with van der Waals surface area (Å²) in [6.45, 7) is 2.22. The Kier molecular flexibility index (Phi) is 6.75. The number of esters is 1. The molecule has 226 valence electrons. The maximum absolute atomic E-state index is 13.5. The standard InChI is InChI=1S/C32H30N4O8/c1-16-5-7-18(8-6-16)33-31(37)22-13-36(35-34-22)29-20-12-24-23(43-15-44-24)11-19(20)27(28-21(29)14-42-32(28)38)17-9-25(39-2)30(41-4)26(10-17)40-3/h5-13,21,27-29H,14-15H2,1-4H3,(H,33,37)/t21-,27+,28-,29+/m0/s1. The second kappa shape index (κ2) is 10.8. The van der Waals surface area contributed by atoms with Gasteiger partial charge in [-0.1, -0.05) is 22.9 Å². The van der Waals surface area contributed by atoms with Gasteiger partial charge in [0, 0.05) is 17.5 Å². The van der Waals surface area contributed by atoms with Crippen LogP contribution in [0.25, 0.3) is 0 Å². The molecule has 1 saturated heterocycles. The van der Waals surface area contributed by atoms with Gasteiger partial charge < -0.3 is 33.7 Å². The first-order valence-corrected chi connectivity index (χ1v) is 14.1. The molecule has 44 heavy (non-hydrogen) atoms. The smallest absolute Gasteiger partial charge is 0.310 e. The predicted octanol–water partition coefficient (Wildman–Crippen LogP) is 4.12. The lowest BCUT2D eigenvalue weighted by atomic mass is 9.65. The fourth-order valence-corrected chi connectivity index (χ4v) is 6.50. The van der Waals surface area contributed by atoms with Crippen molar-refractivity contribution in [3.63, 3.8) is 0 Å². The molecule has 3 aliphatic rings. The van der Waals surface area contributed by atoms with Crippen molar-refractivity contribution in [3.8, 4) is 28.7 Å². The Morgan fingerprint density at radius 3 is 2.27 bits per heavy atom. The van der Waals surface area contributed by atoms with Crippen LogP contribution in [0.1, 0.15) is 44.7 Å². The Hall–Kier alpha value is -5.26. The van der Waals surface area contributed by atoms with E-state index in [2.05, 4.69) is 15.6 Å². The molecular formula is C32H30N4O8. The number of cyclic esters (lactones) is 1. The molecule has 0 bridgehead atoms. The number of amides is 1. The fraction of sp³-hybridized carbons (Fsp3) is 0.312. The summed E-state index contributed by atoms with van der Waals surface area (Å²) in [6, 6.07) is 14.5. The molecule has 1 aliphatic carbocycles. The summed E-state index contributed by atoms with van der Waals surface area (Å²) in [5.74, 6) is 0.426. The van der Waals surface area contributed by atoms with Gasteiger partial charge in [-0.15, -0.1) is 5.10 Å². The highest BCUT2D eigenvalue weighted by Crippen LogP contribution is 2.56. The van der Waals surface area contributed by atoms with Gasteiger partial charge in [0.05, 0.1) is 46.1 Å². The van der Waals surface area contributed by atoms with Crippen LogP contribution in [0.2, 0.25) is 0 Å². The largest absolute Gasteiger partial charge is 0.493 e. The molecule has 1 fully saturated rings. The van der Waals surface area contributed by atoms with E-state index in [-0.39, 0.29) is 31.0 Å².